The molecule has 94 valence electrons. The molecule has 0 fully saturated rings. The Balaban J connectivity index is 2.61. The molecule has 0 saturated carbocycles. The molecule has 4 heteroatoms. The number of hydrogen-bond donors (Lipinski definition) is 2. The van der Waals surface area contributed by atoms with Gasteiger partial charge in [0.25, 0.3) is 0 Å². The lowest BCUT2D eigenvalue weighted by Crippen LogP contribution is -2.40. The third-order valence-corrected chi connectivity index (χ3v) is 3.46. The number of carboxylic acids is 1. The Hall–Kier alpha value is -1.00. The van der Waals surface area contributed by atoms with E-state index in [2.05, 4.69) is 23.7 Å². The highest BCUT2D eigenvalue weighted by molar-refractivity contribution is 7.98. The molecular weight excluding hydrogens is 234 g/mol. The van der Waals surface area contributed by atoms with Crippen LogP contribution in [0.5, 0.6) is 0 Å². The second-order valence-electron chi connectivity index (χ2n) is 4.14. The van der Waals surface area contributed by atoms with E-state index < -0.39 is 12.0 Å². The average molecular weight is 253 g/mol. The summed E-state index contributed by atoms with van der Waals surface area (Å²) in [6.45, 7) is 3.68. The third kappa shape index (κ3) is 4.40. The van der Waals surface area contributed by atoms with Crippen LogP contribution in [-0.4, -0.2) is 29.4 Å². The summed E-state index contributed by atoms with van der Waals surface area (Å²) in [6.07, 6.45) is 2.89. The van der Waals surface area contributed by atoms with Crippen LogP contribution in [-0.2, 0) is 11.2 Å². The molecule has 1 aromatic carbocycles. The van der Waals surface area contributed by atoms with E-state index in [9.17, 15) is 4.79 Å². The minimum Gasteiger partial charge on any atom is -0.480 e. The van der Waals surface area contributed by atoms with E-state index in [0.717, 1.165) is 6.42 Å². The van der Waals surface area contributed by atoms with Crippen molar-refractivity contribution in [2.75, 3.05) is 6.26 Å². The average Bonchev–Trinajstić information content (AvgIpc) is 2.29. The van der Waals surface area contributed by atoms with Gasteiger partial charge in [-0.1, -0.05) is 18.2 Å². The lowest BCUT2D eigenvalue weighted by Gasteiger charge is -2.18. The van der Waals surface area contributed by atoms with Gasteiger partial charge >= 0.3 is 5.97 Å². The van der Waals surface area contributed by atoms with Gasteiger partial charge in [0, 0.05) is 10.9 Å². The molecule has 1 aromatic rings. The van der Waals surface area contributed by atoms with Gasteiger partial charge in [-0.15, -0.1) is 11.8 Å². The highest BCUT2D eigenvalue weighted by Gasteiger charge is 2.14. The standard InChI is InChI=1S/C13H19NO2S/c1-9(14-10(2)13(15)16)8-11-6-4-5-7-12(11)17-3/h4-7,9-10,14H,8H2,1-3H3,(H,15,16)/t9?,10-/m0/s1. The maximum atomic E-state index is 10.7. The summed E-state index contributed by atoms with van der Waals surface area (Å²) >= 11 is 1.72. The Morgan fingerprint density at radius 2 is 2.06 bits per heavy atom. The van der Waals surface area contributed by atoms with Crippen molar-refractivity contribution >= 4 is 17.7 Å². The van der Waals surface area contributed by atoms with Crippen LogP contribution in [0.4, 0.5) is 0 Å². The fraction of sp³-hybridized carbons (Fsp3) is 0.462. The van der Waals surface area contributed by atoms with E-state index in [4.69, 9.17) is 5.11 Å². The zero-order chi connectivity index (χ0) is 12.8. The van der Waals surface area contributed by atoms with Gasteiger partial charge in [-0.25, -0.2) is 0 Å². The predicted octanol–water partition coefficient (Wildman–Crippen LogP) is 2.40. The normalized spacial score (nSPS) is 14.3. The molecule has 0 aliphatic rings. The van der Waals surface area contributed by atoms with Gasteiger partial charge in [0.15, 0.2) is 0 Å². The van der Waals surface area contributed by atoms with Crippen molar-refractivity contribution in [1.82, 2.24) is 5.32 Å². The lowest BCUT2D eigenvalue weighted by atomic mass is 10.1. The summed E-state index contributed by atoms with van der Waals surface area (Å²) in [5.41, 5.74) is 1.26. The molecule has 0 amide bonds. The van der Waals surface area contributed by atoms with Gasteiger partial charge in [0.1, 0.15) is 6.04 Å². The lowest BCUT2D eigenvalue weighted by molar-refractivity contribution is -0.139. The van der Waals surface area contributed by atoms with Gasteiger partial charge in [-0.05, 0) is 38.2 Å². The number of benzene rings is 1. The smallest absolute Gasteiger partial charge is 0.320 e. The Morgan fingerprint density at radius 3 is 2.65 bits per heavy atom. The SMILES string of the molecule is CSc1ccccc1CC(C)N[C@@H](C)C(=O)O. The first-order valence-electron chi connectivity index (χ1n) is 5.65. The molecule has 17 heavy (non-hydrogen) atoms. The van der Waals surface area contributed by atoms with E-state index in [1.54, 1.807) is 18.7 Å². The summed E-state index contributed by atoms with van der Waals surface area (Å²) < 4.78 is 0. The van der Waals surface area contributed by atoms with Crippen LogP contribution in [0.25, 0.3) is 0 Å². The number of carboxylic acid groups (broad SMARTS) is 1. The zero-order valence-corrected chi connectivity index (χ0v) is 11.3. The monoisotopic (exact) mass is 253 g/mol. The molecule has 1 rings (SSSR count). The van der Waals surface area contributed by atoms with Crippen molar-refractivity contribution in [3.8, 4) is 0 Å². The van der Waals surface area contributed by atoms with Crippen molar-refractivity contribution in [1.29, 1.82) is 0 Å². The van der Waals surface area contributed by atoms with Crippen LogP contribution < -0.4 is 5.32 Å². The maximum absolute atomic E-state index is 10.7. The number of carbonyl (C=O) groups is 1. The minimum absolute atomic E-state index is 0.148. The van der Waals surface area contributed by atoms with Crippen LogP contribution in [0.3, 0.4) is 0 Å². The summed E-state index contributed by atoms with van der Waals surface area (Å²) in [6, 6.07) is 7.86. The van der Waals surface area contributed by atoms with E-state index in [-0.39, 0.29) is 6.04 Å². The molecule has 0 aliphatic carbocycles. The number of hydrogen-bond acceptors (Lipinski definition) is 3. The molecule has 3 nitrogen and oxygen atoms in total. The number of thioether (sulfide) groups is 1. The summed E-state index contributed by atoms with van der Waals surface area (Å²) in [4.78, 5) is 12.0. The summed E-state index contributed by atoms with van der Waals surface area (Å²) in [5.74, 6) is -0.810. The number of nitrogens with one attached hydrogen (secondary N) is 1. The molecular formula is C13H19NO2S. The van der Waals surface area contributed by atoms with Crippen molar-refractivity contribution < 1.29 is 9.90 Å². The highest BCUT2D eigenvalue weighted by Crippen LogP contribution is 2.21. The van der Waals surface area contributed by atoms with Crippen molar-refractivity contribution in [2.24, 2.45) is 0 Å². The molecule has 0 aromatic heterocycles. The zero-order valence-electron chi connectivity index (χ0n) is 10.4. The highest BCUT2D eigenvalue weighted by atomic mass is 32.2. The van der Waals surface area contributed by atoms with Gasteiger partial charge in [0.2, 0.25) is 0 Å². The molecule has 0 heterocycles. The second kappa shape index (κ2) is 6.67. The molecule has 2 atom stereocenters. The van der Waals surface area contributed by atoms with Crippen molar-refractivity contribution in [3.63, 3.8) is 0 Å². The first-order valence-corrected chi connectivity index (χ1v) is 6.87. The first-order chi connectivity index (χ1) is 8.04. The second-order valence-corrected chi connectivity index (χ2v) is 4.99. The quantitative estimate of drug-likeness (QED) is 0.764. The van der Waals surface area contributed by atoms with Crippen molar-refractivity contribution in [2.45, 2.75) is 37.2 Å². The number of aliphatic carboxylic acids is 1. The van der Waals surface area contributed by atoms with Crippen LogP contribution in [0.15, 0.2) is 29.2 Å². The molecule has 0 saturated heterocycles. The van der Waals surface area contributed by atoms with Crippen LogP contribution in [0.1, 0.15) is 19.4 Å². The minimum atomic E-state index is -0.810. The van der Waals surface area contributed by atoms with Crippen LogP contribution in [0.2, 0.25) is 0 Å². The first kappa shape index (κ1) is 14.1. The topological polar surface area (TPSA) is 49.3 Å². The predicted molar refractivity (Wildman–Crippen MR) is 71.6 cm³/mol. The Labute approximate surface area is 107 Å². The van der Waals surface area contributed by atoms with Gasteiger partial charge in [0.05, 0.1) is 0 Å². The molecule has 0 spiro atoms. The van der Waals surface area contributed by atoms with Crippen LogP contribution >= 0.6 is 11.8 Å². The third-order valence-electron chi connectivity index (χ3n) is 2.62. The van der Waals surface area contributed by atoms with Gasteiger partial charge < -0.3 is 10.4 Å². The maximum Gasteiger partial charge on any atom is 0.320 e. The molecule has 0 aliphatic heterocycles. The number of rotatable bonds is 6. The summed E-state index contributed by atoms with van der Waals surface area (Å²) in [7, 11) is 0. The van der Waals surface area contributed by atoms with E-state index in [0.29, 0.717) is 0 Å². The Kier molecular flexibility index (Phi) is 5.51. The van der Waals surface area contributed by atoms with Crippen LogP contribution in [0, 0.1) is 0 Å². The Morgan fingerprint density at radius 1 is 1.41 bits per heavy atom. The summed E-state index contributed by atoms with van der Waals surface area (Å²) in [5, 5.41) is 11.9. The molecule has 2 N–H and O–H groups in total. The van der Waals surface area contributed by atoms with Gasteiger partial charge in [-0.2, -0.15) is 0 Å². The van der Waals surface area contributed by atoms with E-state index >= 15 is 0 Å². The Bertz CT molecular complexity index is 381. The molecule has 1 unspecified atom stereocenters. The molecule has 0 radical (unpaired) electrons. The fourth-order valence-corrected chi connectivity index (χ4v) is 2.39. The van der Waals surface area contributed by atoms with Crippen molar-refractivity contribution in [3.05, 3.63) is 29.8 Å². The van der Waals surface area contributed by atoms with E-state index in [1.165, 1.54) is 10.5 Å². The van der Waals surface area contributed by atoms with Gasteiger partial charge in [-0.3, -0.25) is 4.79 Å². The fourth-order valence-electron chi connectivity index (χ4n) is 1.76. The largest absolute Gasteiger partial charge is 0.480 e. The van der Waals surface area contributed by atoms with E-state index in [1.807, 2.05) is 19.1 Å². The molecule has 0 bridgehead atoms.